The standard InChI is InChI=1S/C10H9N5O/c16-6-7-3-9-11-1-2-15(9)14-10(7)8-4-12-13-5-8/h1-5,16H,6H2,(H,12,13). The number of aliphatic hydroxyl groups excluding tert-OH is 1. The summed E-state index contributed by atoms with van der Waals surface area (Å²) < 4.78 is 1.67. The lowest BCUT2D eigenvalue weighted by molar-refractivity contribution is 0.282. The van der Waals surface area contributed by atoms with Gasteiger partial charge in [0.15, 0.2) is 5.65 Å². The Morgan fingerprint density at radius 3 is 3.12 bits per heavy atom. The Hall–Kier alpha value is -2.21. The zero-order chi connectivity index (χ0) is 11.0. The third-order valence-electron chi connectivity index (χ3n) is 2.41. The Kier molecular flexibility index (Phi) is 1.94. The second kappa shape index (κ2) is 3.42. The summed E-state index contributed by atoms with van der Waals surface area (Å²) in [6.45, 7) is -0.0725. The van der Waals surface area contributed by atoms with Gasteiger partial charge in [0.1, 0.15) is 5.69 Å². The Morgan fingerprint density at radius 1 is 1.44 bits per heavy atom. The fraction of sp³-hybridized carbons (Fsp3) is 0.100. The summed E-state index contributed by atoms with van der Waals surface area (Å²) in [5.41, 5.74) is 3.01. The summed E-state index contributed by atoms with van der Waals surface area (Å²) in [5, 5.41) is 20.3. The first-order valence-corrected chi connectivity index (χ1v) is 4.82. The molecule has 3 aromatic rings. The first-order valence-electron chi connectivity index (χ1n) is 4.82. The molecule has 0 amide bonds. The third-order valence-corrected chi connectivity index (χ3v) is 2.41. The highest BCUT2D eigenvalue weighted by Gasteiger charge is 2.09. The van der Waals surface area contributed by atoms with E-state index in [1.165, 1.54) is 0 Å². The average molecular weight is 215 g/mol. The smallest absolute Gasteiger partial charge is 0.153 e. The predicted octanol–water partition coefficient (Wildman–Crippen LogP) is 0.612. The average Bonchev–Trinajstić information content (AvgIpc) is 2.97. The Balaban J connectivity index is 2.29. The first-order chi connectivity index (χ1) is 7.88. The van der Waals surface area contributed by atoms with E-state index in [4.69, 9.17) is 0 Å². The van der Waals surface area contributed by atoms with Crippen LogP contribution in [0.15, 0.2) is 30.9 Å². The highest BCUT2D eigenvalue weighted by molar-refractivity contribution is 5.63. The van der Waals surface area contributed by atoms with Crippen molar-refractivity contribution in [2.45, 2.75) is 6.61 Å². The molecule has 0 aliphatic heterocycles. The van der Waals surface area contributed by atoms with Crippen LogP contribution in [0.1, 0.15) is 5.56 Å². The number of nitrogens with one attached hydrogen (secondary N) is 1. The molecule has 80 valence electrons. The maximum atomic E-state index is 9.31. The molecule has 16 heavy (non-hydrogen) atoms. The molecular weight excluding hydrogens is 206 g/mol. The van der Waals surface area contributed by atoms with Crippen LogP contribution in [0, 0.1) is 0 Å². The number of hydrogen-bond donors (Lipinski definition) is 2. The minimum absolute atomic E-state index is 0.0725. The topological polar surface area (TPSA) is 79.1 Å². The van der Waals surface area contributed by atoms with Gasteiger partial charge in [0.05, 0.1) is 12.8 Å². The summed E-state index contributed by atoms with van der Waals surface area (Å²) in [7, 11) is 0. The van der Waals surface area contributed by atoms with Crippen LogP contribution in [0.3, 0.4) is 0 Å². The van der Waals surface area contributed by atoms with Crippen LogP contribution in [-0.4, -0.2) is 29.9 Å². The van der Waals surface area contributed by atoms with Crippen molar-refractivity contribution in [1.29, 1.82) is 0 Å². The molecule has 0 spiro atoms. The van der Waals surface area contributed by atoms with Gasteiger partial charge in [0.2, 0.25) is 0 Å². The fourth-order valence-corrected chi connectivity index (χ4v) is 1.64. The van der Waals surface area contributed by atoms with Gasteiger partial charge in [-0.3, -0.25) is 5.10 Å². The first kappa shape index (κ1) is 9.05. The molecule has 0 aliphatic carbocycles. The van der Waals surface area contributed by atoms with Crippen molar-refractivity contribution < 1.29 is 5.11 Å². The van der Waals surface area contributed by atoms with Crippen LogP contribution in [0.2, 0.25) is 0 Å². The molecule has 3 rings (SSSR count). The molecule has 2 N–H and O–H groups in total. The summed E-state index contributed by atoms with van der Waals surface area (Å²) in [5.74, 6) is 0. The van der Waals surface area contributed by atoms with Gasteiger partial charge >= 0.3 is 0 Å². The number of nitrogens with zero attached hydrogens (tertiary/aromatic N) is 4. The molecule has 0 aliphatic rings. The lowest BCUT2D eigenvalue weighted by Gasteiger charge is -2.04. The summed E-state index contributed by atoms with van der Waals surface area (Å²) in [6, 6.07) is 1.81. The summed E-state index contributed by atoms with van der Waals surface area (Å²) in [6.07, 6.45) is 6.84. The molecule has 0 unspecified atom stereocenters. The van der Waals surface area contributed by atoms with Gasteiger partial charge in [0, 0.05) is 29.7 Å². The van der Waals surface area contributed by atoms with Gasteiger partial charge in [0.25, 0.3) is 0 Å². The predicted molar refractivity (Wildman–Crippen MR) is 56.5 cm³/mol. The number of aromatic amines is 1. The second-order valence-electron chi connectivity index (χ2n) is 3.39. The lowest BCUT2D eigenvalue weighted by Crippen LogP contribution is -1.99. The zero-order valence-electron chi connectivity index (χ0n) is 8.33. The Labute approximate surface area is 90.6 Å². The van der Waals surface area contributed by atoms with Crippen LogP contribution in [0.4, 0.5) is 0 Å². The van der Waals surface area contributed by atoms with Crippen molar-refractivity contribution in [3.8, 4) is 11.3 Å². The largest absolute Gasteiger partial charge is 0.392 e. The third kappa shape index (κ3) is 1.28. The van der Waals surface area contributed by atoms with Gasteiger partial charge < -0.3 is 5.11 Å². The highest BCUT2D eigenvalue weighted by Crippen LogP contribution is 2.20. The molecule has 0 aromatic carbocycles. The molecule has 0 saturated heterocycles. The van der Waals surface area contributed by atoms with Crippen LogP contribution in [0.25, 0.3) is 16.9 Å². The number of imidazole rings is 1. The van der Waals surface area contributed by atoms with Crippen molar-refractivity contribution in [1.82, 2.24) is 24.8 Å². The van der Waals surface area contributed by atoms with Gasteiger partial charge in [-0.2, -0.15) is 10.2 Å². The van der Waals surface area contributed by atoms with Gasteiger partial charge in [-0.1, -0.05) is 0 Å². The summed E-state index contributed by atoms with van der Waals surface area (Å²) >= 11 is 0. The molecular formula is C10H9N5O. The van der Waals surface area contributed by atoms with E-state index in [0.29, 0.717) is 5.69 Å². The number of fused-ring (bicyclic) bond motifs is 1. The molecule has 6 heteroatoms. The van der Waals surface area contributed by atoms with Crippen molar-refractivity contribution in [3.05, 3.63) is 36.4 Å². The van der Waals surface area contributed by atoms with Crippen LogP contribution in [-0.2, 0) is 6.61 Å². The Morgan fingerprint density at radius 2 is 2.38 bits per heavy atom. The monoisotopic (exact) mass is 215 g/mol. The Bertz CT molecular complexity index is 613. The lowest BCUT2D eigenvalue weighted by atomic mass is 10.1. The molecule has 0 bridgehead atoms. The highest BCUT2D eigenvalue weighted by atomic mass is 16.3. The maximum Gasteiger partial charge on any atom is 0.153 e. The zero-order valence-corrected chi connectivity index (χ0v) is 8.33. The molecule has 3 heterocycles. The van der Waals surface area contributed by atoms with E-state index in [1.807, 2.05) is 6.07 Å². The molecule has 3 aromatic heterocycles. The van der Waals surface area contributed by atoms with E-state index in [1.54, 1.807) is 29.3 Å². The minimum Gasteiger partial charge on any atom is -0.392 e. The van der Waals surface area contributed by atoms with E-state index in [9.17, 15) is 5.11 Å². The summed E-state index contributed by atoms with van der Waals surface area (Å²) in [4.78, 5) is 4.12. The van der Waals surface area contributed by atoms with Gasteiger partial charge in [-0.15, -0.1) is 0 Å². The van der Waals surface area contributed by atoms with Gasteiger partial charge in [-0.05, 0) is 6.07 Å². The number of aromatic nitrogens is 5. The van der Waals surface area contributed by atoms with Crippen molar-refractivity contribution in [3.63, 3.8) is 0 Å². The van der Waals surface area contributed by atoms with E-state index in [0.717, 1.165) is 16.8 Å². The molecule has 0 radical (unpaired) electrons. The minimum atomic E-state index is -0.0725. The van der Waals surface area contributed by atoms with Crippen LogP contribution < -0.4 is 0 Å². The number of rotatable bonds is 2. The fourth-order valence-electron chi connectivity index (χ4n) is 1.64. The van der Waals surface area contributed by atoms with E-state index < -0.39 is 0 Å². The number of hydrogen-bond acceptors (Lipinski definition) is 4. The second-order valence-corrected chi connectivity index (χ2v) is 3.39. The maximum absolute atomic E-state index is 9.31. The number of H-pyrrole nitrogens is 1. The van der Waals surface area contributed by atoms with Crippen molar-refractivity contribution in [2.24, 2.45) is 0 Å². The van der Waals surface area contributed by atoms with Crippen molar-refractivity contribution >= 4 is 5.65 Å². The van der Waals surface area contributed by atoms with E-state index >= 15 is 0 Å². The van der Waals surface area contributed by atoms with Gasteiger partial charge in [-0.25, -0.2) is 9.50 Å². The van der Waals surface area contributed by atoms with E-state index in [-0.39, 0.29) is 6.61 Å². The molecule has 0 saturated carbocycles. The molecule has 0 atom stereocenters. The van der Waals surface area contributed by atoms with Crippen LogP contribution >= 0.6 is 0 Å². The van der Waals surface area contributed by atoms with Crippen molar-refractivity contribution in [2.75, 3.05) is 0 Å². The molecule has 6 nitrogen and oxygen atoms in total. The van der Waals surface area contributed by atoms with Crippen LogP contribution in [0.5, 0.6) is 0 Å². The SMILES string of the molecule is OCc1cc2nccn2nc1-c1cn[nH]c1. The van der Waals surface area contributed by atoms with E-state index in [2.05, 4.69) is 20.3 Å². The normalized spacial score (nSPS) is 11.1. The molecule has 0 fully saturated rings. The number of aliphatic hydroxyl groups is 1. The quantitative estimate of drug-likeness (QED) is 0.656.